The minimum absolute atomic E-state index is 0.0112. The van der Waals surface area contributed by atoms with Crippen LogP contribution in [0, 0.1) is 5.92 Å². The Balaban J connectivity index is 1.44. The Morgan fingerprint density at radius 1 is 1.22 bits per heavy atom. The van der Waals surface area contributed by atoms with Gasteiger partial charge in [0, 0.05) is 29.7 Å². The number of aliphatic hydroxyl groups excluding tert-OH is 1. The third-order valence-corrected chi connectivity index (χ3v) is 6.93. The molecule has 0 radical (unpaired) electrons. The molecule has 3 heterocycles. The van der Waals surface area contributed by atoms with E-state index in [1.54, 1.807) is 13.4 Å². The molecule has 1 saturated heterocycles. The summed E-state index contributed by atoms with van der Waals surface area (Å²) in [4.78, 5) is 9.08. The lowest BCUT2D eigenvalue weighted by molar-refractivity contribution is -0.161. The normalized spacial score (nSPS) is 26.4. The maximum absolute atomic E-state index is 9.92. The minimum atomic E-state index is -0.665. The number of nitrogens with one attached hydrogen (secondary N) is 1. The van der Waals surface area contributed by atoms with Crippen molar-refractivity contribution in [2.24, 2.45) is 5.92 Å². The van der Waals surface area contributed by atoms with Crippen LogP contribution >= 0.6 is 15.9 Å². The van der Waals surface area contributed by atoms with Crippen LogP contribution in [0.2, 0.25) is 0 Å². The van der Waals surface area contributed by atoms with Gasteiger partial charge in [0.25, 0.3) is 0 Å². The fourth-order valence-corrected chi connectivity index (χ4v) is 5.45. The van der Waals surface area contributed by atoms with Gasteiger partial charge in [-0.2, -0.15) is 0 Å². The highest BCUT2D eigenvalue weighted by atomic mass is 79.9. The zero-order chi connectivity index (χ0) is 22.5. The molecular weight excluding hydrogens is 476 g/mol. The van der Waals surface area contributed by atoms with Crippen molar-refractivity contribution in [2.45, 2.75) is 50.8 Å². The third-order valence-electron chi connectivity index (χ3n) is 6.33. The summed E-state index contributed by atoms with van der Waals surface area (Å²) in [5.74, 6) is 0.947. The Bertz CT molecular complexity index is 1120. The van der Waals surface area contributed by atoms with Crippen molar-refractivity contribution < 1.29 is 19.3 Å². The van der Waals surface area contributed by atoms with Crippen molar-refractivity contribution in [3.63, 3.8) is 0 Å². The number of fused-ring (bicyclic) bond motifs is 2. The van der Waals surface area contributed by atoms with Crippen LogP contribution in [0.25, 0.3) is 11.0 Å². The predicted octanol–water partition coefficient (Wildman–Crippen LogP) is 3.89. The fourth-order valence-electron chi connectivity index (χ4n) is 4.86. The van der Waals surface area contributed by atoms with Crippen LogP contribution in [-0.2, 0) is 16.0 Å². The van der Waals surface area contributed by atoms with E-state index in [2.05, 4.69) is 35.8 Å². The molecular formula is C23H27BrN4O4. The van der Waals surface area contributed by atoms with Crippen LogP contribution in [0.1, 0.15) is 31.9 Å². The number of aliphatic hydroxyl groups is 1. The third kappa shape index (κ3) is 3.77. The van der Waals surface area contributed by atoms with Gasteiger partial charge in [-0.15, -0.1) is 0 Å². The smallest absolute Gasteiger partial charge is 0.163 e. The second-order valence-electron chi connectivity index (χ2n) is 8.82. The van der Waals surface area contributed by atoms with Crippen molar-refractivity contribution in [3.05, 3.63) is 46.8 Å². The Morgan fingerprint density at radius 3 is 2.69 bits per heavy atom. The van der Waals surface area contributed by atoms with Gasteiger partial charge in [0.1, 0.15) is 29.6 Å². The highest BCUT2D eigenvalue weighted by Crippen LogP contribution is 2.48. The van der Waals surface area contributed by atoms with E-state index in [9.17, 15) is 5.11 Å². The molecule has 0 amide bonds. The van der Waals surface area contributed by atoms with Crippen molar-refractivity contribution in [1.82, 2.24) is 14.5 Å². The maximum atomic E-state index is 9.92. The summed E-state index contributed by atoms with van der Waals surface area (Å²) in [5.41, 5.74) is 1.94. The Morgan fingerprint density at radius 2 is 1.97 bits per heavy atom. The van der Waals surface area contributed by atoms with Crippen molar-refractivity contribution >= 4 is 32.8 Å². The number of ether oxygens (including phenoxy) is 3. The number of aromatic nitrogens is 3. The molecule has 8 nitrogen and oxygen atoms in total. The molecule has 1 aliphatic carbocycles. The summed E-state index contributed by atoms with van der Waals surface area (Å²) in [6, 6.07) is 7.95. The number of benzene rings is 1. The van der Waals surface area contributed by atoms with E-state index in [1.807, 2.05) is 44.3 Å². The lowest BCUT2D eigenvalue weighted by Crippen LogP contribution is -2.27. The molecule has 0 unspecified atom stereocenters. The van der Waals surface area contributed by atoms with Gasteiger partial charge >= 0.3 is 0 Å². The SMILES string of the molecule is COc1ccc(CNc2ncnc3c2c(Br)cn3[C@@H]2C[C@H](CO)[C@H]3OC(C)(C)O[C@H]32)cc1. The van der Waals surface area contributed by atoms with Crippen LogP contribution in [0.5, 0.6) is 5.75 Å². The first-order valence-electron chi connectivity index (χ1n) is 10.7. The van der Waals surface area contributed by atoms with Crippen molar-refractivity contribution in [3.8, 4) is 5.75 Å². The molecule has 2 N–H and O–H groups in total. The molecule has 0 spiro atoms. The predicted molar refractivity (Wildman–Crippen MR) is 124 cm³/mol. The molecule has 3 aromatic rings. The van der Waals surface area contributed by atoms with E-state index in [0.717, 1.165) is 39.1 Å². The van der Waals surface area contributed by atoms with Crippen molar-refractivity contribution in [2.75, 3.05) is 19.0 Å². The van der Waals surface area contributed by atoms with Gasteiger partial charge in [-0.25, -0.2) is 9.97 Å². The van der Waals surface area contributed by atoms with E-state index in [4.69, 9.17) is 14.2 Å². The molecule has 1 aliphatic heterocycles. The number of hydrogen-bond donors (Lipinski definition) is 2. The quantitative estimate of drug-likeness (QED) is 0.528. The van der Waals surface area contributed by atoms with E-state index in [0.29, 0.717) is 6.54 Å². The van der Waals surface area contributed by atoms with Gasteiger partial charge in [0.05, 0.1) is 24.6 Å². The van der Waals surface area contributed by atoms with E-state index in [-0.39, 0.29) is 30.8 Å². The van der Waals surface area contributed by atoms with Gasteiger partial charge in [0.2, 0.25) is 0 Å². The van der Waals surface area contributed by atoms with Gasteiger partial charge in [-0.3, -0.25) is 0 Å². The molecule has 1 aromatic carbocycles. The first-order chi connectivity index (χ1) is 15.4. The fraction of sp³-hybridized carbons (Fsp3) is 0.478. The molecule has 4 atom stereocenters. The van der Waals surface area contributed by atoms with E-state index < -0.39 is 5.79 Å². The number of nitrogens with zero attached hydrogens (tertiary/aromatic N) is 3. The largest absolute Gasteiger partial charge is 0.497 e. The maximum Gasteiger partial charge on any atom is 0.163 e. The molecule has 2 fully saturated rings. The summed E-state index contributed by atoms with van der Waals surface area (Å²) >= 11 is 3.71. The Hall–Kier alpha value is -2.20. The molecule has 1 saturated carbocycles. The Kier molecular flexibility index (Phi) is 5.61. The zero-order valence-electron chi connectivity index (χ0n) is 18.3. The summed E-state index contributed by atoms with van der Waals surface area (Å²) in [7, 11) is 1.66. The average molecular weight is 503 g/mol. The number of rotatable bonds is 6. The summed E-state index contributed by atoms with van der Waals surface area (Å²) < 4.78 is 20.6. The van der Waals surface area contributed by atoms with Crippen LogP contribution in [-0.4, -0.2) is 51.4 Å². The van der Waals surface area contributed by atoms with E-state index in [1.165, 1.54) is 0 Å². The Labute approximate surface area is 195 Å². The number of hydrogen-bond acceptors (Lipinski definition) is 7. The summed E-state index contributed by atoms with van der Waals surface area (Å²) in [6.07, 6.45) is 4.10. The number of methoxy groups -OCH3 is 1. The number of halogens is 1. The molecule has 32 heavy (non-hydrogen) atoms. The first-order valence-corrected chi connectivity index (χ1v) is 11.5. The summed E-state index contributed by atoms with van der Waals surface area (Å²) in [6.45, 7) is 4.54. The zero-order valence-corrected chi connectivity index (χ0v) is 19.9. The van der Waals surface area contributed by atoms with Crippen LogP contribution in [0.15, 0.2) is 41.3 Å². The second kappa shape index (κ2) is 8.30. The monoisotopic (exact) mass is 502 g/mol. The van der Waals surface area contributed by atoms with Gasteiger partial charge in [-0.05, 0) is 53.9 Å². The van der Waals surface area contributed by atoms with Crippen LogP contribution in [0.3, 0.4) is 0 Å². The topological polar surface area (TPSA) is 90.7 Å². The molecule has 2 aliphatic rings. The molecule has 170 valence electrons. The molecule has 9 heteroatoms. The second-order valence-corrected chi connectivity index (χ2v) is 9.67. The molecule has 5 rings (SSSR count). The van der Waals surface area contributed by atoms with Gasteiger partial charge < -0.3 is 29.2 Å². The van der Waals surface area contributed by atoms with Crippen molar-refractivity contribution in [1.29, 1.82) is 0 Å². The lowest BCUT2D eigenvalue weighted by atomic mass is 10.1. The lowest BCUT2D eigenvalue weighted by Gasteiger charge is -2.24. The first kappa shape index (κ1) is 21.6. The summed E-state index contributed by atoms with van der Waals surface area (Å²) in [5, 5.41) is 14.3. The molecule has 2 aromatic heterocycles. The van der Waals surface area contributed by atoms with E-state index >= 15 is 0 Å². The minimum Gasteiger partial charge on any atom is -0.497 e. The average Bonchev–Trinajstić information content (AvgIpc) is 3.40. The standard InChI is InChI=1S/C23H27BrN4O4/c1-23(2)31-19-14(11-29)8-17(20(19)32-23)28-10-16(24)18-21(26-12-27-22(18)28)25-9-13-4-6-15(30-3)7-5-13/h4-7,10,12,14,17,19-20,29H,8-9,11H2,1-3H3,(H,25,26,27)/t14-,17-,19-,20+/m1/s1. The molecule has 0 bridgehead atoms. The van der Waals surface area contributed by atoms with Gasteiger partial charge in [0.15, 0.2) is 5.79 Å². The van der Waals surface area contributed by atoms with Gasteiger partial charge in [-0.1, -0.05) is 12.1 Å². The van der Waals surface area contributed by atoms with Crippen LogP contribution < -0.4 is 10.1 Å². The highest BCUT2D eigenvalue weighted by molar-refractivity contribution is 9.10. The number of anilines is 1. The van der Waals surface area contributed by atoms with Crippen LogP contribution in [0.4, 0.5) is 5.82 Å². The highest BCUT2D eigenvalue weighted by Gasteiger charge is 2.54.